The zero-order valence-corrected chi connectivity index (χ0v) is 9.84. The fourth-order valence-corrected chi connectivity index (χ4v) is 1.27. The van der Waals surface area contributed by atoms with Crippen LogP contribution in [0, 0.1) is 0 Å². The van der Waals surface area contributed by atoms with Gasteiger partial charge < -0.3 is 11.5 Å². The first-order chi connectivity index (χ1) is 9.69. The molecule has 14 nitrogen and oxygen atoms in total. The van der Waals surface area contributed by atoms with Crippen molar-refractivity contribution >= 4 is 35.7 Å². The Labute approximate surface area is 110 Å². The lowest BCUT2D eigenvalue weighted by Crippen LogP contribution is -2.50. The summed E-state index contributed by atoms with van der Waals surface area (Å²) in [6.07, 6.45) is 0. The third-order valence-electron chi connectivity index (χ3n) is 2.03. The van der Waals surface area contributed by atoms with Gasteiger partial charge in [-0.2, -0.15) is 9.97 Å². The van der Waals surface area contributed by atoms with Crippen LogP contribution >= 0.6 is 0 Å². The molecule has 1 aliphatic rings. The van der Waals surface area contributed by atoms with E-state index in [1.54, 1.807) is 0 Å². The summed E-state index contributed by atoms with van der Waals surface area (Å²) in [6, 6.07) is 0. The predicted molar refractivity (Wildman–Crippen MR) is 70.0 cm³/mol. The summed E-state index contributed by atoms with van der Waals surface area (Å²) in [6.45, 7) is 0. The van der Waals surface area contributed by atoms with Crippen LogP contribution in [0.25, 0.3) is 0 Å². The van der Waals surface area contributed by atoms with Gasteiger partial charge in [0.15, 0.2) is 0 Å². The fraction of sp³-hybridized carbons (Fsp3) is 0. The van der Waals surface area contributed by atoms with Gasteiger partial charge in [-0.15, -0.1) is 20.4 Å². The number of hydrogen-bond donors (Lipinski definition) is 8. The van der Waals surface area contributed by atoms with E-state index >= 15 is 0 Å². The van der Waals surface area contributed by atoms with Crippen molar-refractivity contribution in [1.29, 1.82) is 0 Å². The van der Waals surface area contributed by atoms with Gasteiger partial charge in [0.25, 0.3) is 0 Å². The largest absolute Gasteiger partial charge is 0.366 e. The van der Waals surface area contributed by atoms with Gasteiger partial charge in [-0.3, -0.25) is 21.5 Å². The topological polar surface area (TPSA) is 208 Å². The van der Waals surface area contributed by atoms with Crippen LogP contribution in [0.1, 0.15) is 0 Å². The normalized spacial score (nSPS) is 13.8. The third-order valence-corrected chi connectivity index (χ3v) is 2.03. The molecular formula is C6H10N14. The van der Waals surface area contributed by atoms with Crippen molar-refractivity contribution in [2.45, 2.75) is 0 Å². The second-order valence-electron chi connectivity index (χ2n) is 3.48. The maximum Gasteiger partial charge on any atom is 0.242 e. The van der Waals surface area contributed by atoms with Crippen molar-refractivity contribution in [1.82, 2.24) is 41.2 Å². The first-order valence-corrected chi connectivity index (χ1v) is 5.26. The highest BCUT2D eigenvalue weighted by molar-refractivity contribution is 5.99. The molecule has 0 atom stereocenters. The maximum atomic E-state index is 5.36. The van der Waals surface area contributed by atoms with Gasteiger partial charge in [0.2, 0.25) is 35.7 Å². The lowest BCUT2D eigenvalue weighted by Gasteiger charge is -2.16. The van der Waals surface area contributed by atoms with E-state index in [-0.39, 0.29) is 11.9 Å². The second-order valence-corrected chi connectivity index (χ2v) is 3.48. The number of hydrazine groups is 1. The molecule has 0 spiro atoms. The van der Waals surface area contributed by atoms with E-state index in [0.29, 0.717) is 23.8 Å². The zero-order valence-electron chi connectivity index (χ0n) is 9.84. The van der Waals surface area contributed by atoms with Crippen molar-refractivity contribution in [3.8, 4) is 0 Å². The molecule has 0 aromatic carbocycles. The molecule has 2 aromatic heterocycles. The molecular weight excluding hydrogens is 268 g/mol. The molecule has 0 unspecified atom stereocenters. The van der Waals surface area contributed by atoms with Gasteiger partial charge in [0, 0.05) is 0 Å². The standard InChI is InChI=1S/C6H10N14/c7-1-9-3(15-13-1)11-5-17-19-6(20-18-5)12-4-10-2(8)14-16-4/h(H5,7,9,11,13,15,17,18)(H5,8,10,12,14,16,19,20). The van der Waals surface area contributed by atoms with Crippen LogP contribution in [-0.4, -0.2) is 42.3 Å². The van der Waals surface area contributed by atoms with Crippen molar-refractivity contribution in [2.24, 2.45) is 10.2 Å². The molecule has 0 saturated carbocycles. The van der Waals surface area contributed by atoms with E-state index in [1.165, 1.54) is 0 Å². The van der Waals surface area contributed by atoms with Crippen molar-refractivity contribution in [3.63, 3.8) is 0 Å². The highest BCUT2D eigenvalue weighted by atomic mass is 15.6. The number of aromatic nitrogens is 6. The second kappa shape index (κ2) is 4.59. The summed E-state index contributed by atoms with van der Waals surface area (Å²) < 4.78 is 0. The van der Waals surface area contributed by atoms with Crippen LogP contribution in [0.15, 0.2) is 10.2 Å². The van der Waals surface area contributed by atoms with E-state index in [0.717, 1.165) is 0 Å². The lowest BCUT2D eigenvalue weighted by molar-refractivity contribution is 0.815. The Morgan fingerprint density at radius 1 is 0.750 bits per heavy atom. The van der Waals surface area contributed by atoms with E-state index in [2.05, 4.69) is 62.1 Å². The quantitative estimate of drug-likeness (QED) is 0.286. The number of guanidine groups is 2. The summed E-state index contributed by atoms with van der Waals surface area (Å²) in [5.41, 5.74) is 16.2. The smallest absolute Gasteiger partial charge is 0.242 e. The number of rotatable bonds is 2. The van der Waals surface area contributed by atoms with E-state index in [9.17, 15) is 0 Å². The average Bonchev–Trinajstić information content (AvgIpc) is 3.01. The Morgan fingerprint density at radius 3 is 1.50 bits per heavy atom. The molecule has 0 amide bonds. The molecule has 0 bridgehead atoms. The lowest BCUT2D eigenvalue weighted by atomic mass is 10.8. The fourth-order valence-electron chi connectivity index (χ4n) is 1.27. The summed E-state index contributed by atoms with van der Waals surface area (Å²) in [4.78, 5) is 7.69. The Hall–Kier alpha value is -3.58. The number of nitrogens with zero attached hydrogens (tertiary/aromatic N) is 6. The first-order valence-electron chi connectivity index (χ1n) is 5.26. The number of nitrogen functional groups attached to an aromatic ring is 2. The van der Waals surface area contributed by atoms with Crippen LogP contribution in [-0.2, 0) is 0 Å². The number of aromatic amines is 2. The SMILES string of the molecule is Nc1n[nH]c(NC2=NN=C(Nc3nc(N)n[nH]3)NN2)n1. The zero-order chi connectivity index (χ0) is 13.9. The molecule has 20 heavy (non-hydrogen) atoms. The number of hydrogen-bond acceptors (Lipinski definition) is 12. The number of H-pyrrole nitrogens is 2. The molecule has 3 rings (SSSR count). The van der Waals surface area contributed by atoms with Gasteiger partial charge in [0.05, 0.1) is 0 Å². The minimum atomic E-state index is 0.116. The van der Waals surface area contributed by atoms with Crippen LogP contribution in [0.4, 0.5) is 23.8 Å². The van der Waals surface area contributed by atoms with Crippen LogP contribution in [0.2, 0.25) is 0 Å². The molecule has 0 fully saturated rings. The Balaban J connectivity index is 1.63. The molecule has 1 aliphatic heterocycles. The van der Waals surface area contributed by atoms with E-state index < -0.39 is 0 Å². The minimum Gasteiger partial charge on any atom is -0.366 e. The first kappa shape index (κ1) is 11.5. The Kier molecular flexibility index (Phi) is 2.64. The van der Waals surface area contributed by atoms with E-state index in [4.69, 9.17) is 11.5 Å². The number of anilines is 4. The minimum absolute atomic E-state index is 0.116. The van der Waals surface area contributed by atoms with Gasteiger partial charge in [-0.1, -0.05) is 0 Å². The Morgan fingerprint density at radius 2 is 1.20 bits per heavy atom. The highest BCUT2D eigenvalue weighted by Gasteiger charge is 2.11. The van der Waals surface area contributed by atoms with Crippen molar-refractivity contribution in [2.75, 3.05) is 22.1 Å². The van der Waals surface area contributed by atoms with Gasteiger partial charge >= 0.3 is 0 Å². The van der Waals surface area contributed by atoms with Gasteiger partial charge in [-0.05, 0) is 0 Å². The molecule has 10 N–H and O–H groups in total. The monoisotopic (exact) mass is 278 g/mol. The van der Waals surface area contributed by atoms with Crippen LogP contribution < -0.4 is 33.0 Å². The predicted octanol–water partition coefficient (Wildman–Crippen LogP) is -2.65. The highest BCUT2D eigenvalue weighted by Crippen LogP contribution is 2.01. The molecule has 0 aliphatic carbocycles. The van der Waals surface area contributed by atoms with Crippen LogP contribution in [0.5, 0.6) is 0 Å². The molecule has 2 aromatic rings. The maximum absolute atomic E-state index is 5.36. The molecule has 104 valence electrons. The summed E-state index contributed by atoms with van der Waals surface area (Å²) in [5.74, 6) is 1.47. The molecule has 3 heterocycles. The number of nitrogens with one attached hydrogen (secondary N) is 6. The van der Waals surface area contributed by atoms with Crippen molar-refractivity contribution < 1.29 is 0 Å². The Bertz CT molecular complexity index is 603. The summed E-state index contributed by atoms with van der Waals surface area (Å²) >= 11 is 0. The van der Waals surface area contributed by atoms with Gasteiger partial charge in [-0.25, -0.2) is 10.2 Å². The molecule has 0 saturated heterocycles. The van der Waals surface area contributed by atoms with Crippen LogP contribution in [0.3, 0.4) is 0 Å². The third kappa shape index (κ3) is 2.47. The van der Waals surface area contributed by atoms with Gasteiger partial charge in [0.1, 0.15) is 0 Å². The summed E-state index contributed by atoms with van der Waals surface area (Å²) in [5, 5.41) is 25.7. The average molecular weight is 278 g/mol. The number of nitrogens with two attached hydrogens (primary N) is 2. The summed E-state index contributed by atoms with van der Waals surface area (Å²) in [7, 11) is 0. The van der Waals surface area contributed by atoms with E-state index in [1.807, 2.05) is 0 Å². The van der Waals surface area contributed by atoms with Crippen molar-refractivity contribution in [3.05, 3.63) is 0 Å². The molecule has 0 radical (unpaired) electrons. The molecule has 14 heteroatoms.